The Labute approximate surface area is 201 Å². The summed E-state index contributed by atoms with van der Waals surface area (Å²) in [6, 6.07) is 28.9. The number of aromatic nitrogens is 2. The van der Waals surface area contributed by atoms with Crippen LogP contribution >= 0.6 is 0 Å². The minimum atomic E-state index is -0.0312. The lowest BCUT2D eigenvalue weighted by Gasteiger charge is -2.28. The number of carbonyl (C=O) groups is 1. The summed E-state index contributed by atoms with van der Waals surface area (Å²) in [5.41, 5.74) is 5.12. The number of rotatable bonds is 8. The quantitative estimate of drug-likeness (QED) is 0.403. The third kappa shape index (κ3) is 5.10. The van der Waals surface area contributed by atoms with Gasteiger partial charge in [-0.2, -0.15) is 5.10 Å². The van der Waals surface area contributed by atoms with Crippen molar-refractivity contribution in [2.45, 2.75) is 25.4 Å². The molecule has 1 saturated heterocycles. The average molecular weight is 451 g/mol. The van der Waals surface area contributed by atoms with Crippen LogP contribution in [0, 0.1) is 0 Å². The SMILES string of the molecule is O=C(NCC(c1ccccc1)N1CCCC1)c1ccccc1-c1ccc(Cn2cccn2)cc1. The predicted octanol–water partition coefficient (Wildman–Crippen LogP) is 5.17. The molecule has 0 radical (unpaired) electrons. The number of hydrogen-bond acceptors (Lipinski definition) is 3. The van der Waals surface area contributed by atoms with Gasteiger partial charge >= 0.3 is 0 Å². The van der Waals surface area contributed by atoms with Crippen LogP contribution in [0.25, 0.3) is 11.1 Å². The molecule has 5 heteroatoms. The zero-order chi connectivity index (χ0) is 23.2. The van der Waals surface area contributed by atoms with E-state index in [2.05, 4.69) is 63.8 Å². The van der Waals surface area contributed by atoms with Gasteiger partial charge in [0.25, 0.3) is 5.91 Å². The maximum absolute atomic E-state index is 13.3. The summed E-state index contributed by atoms with van der Waals surface area (Å²) in [5.74, 6) is -0.0312. The summed E-state index contributed by atoms with van der Waals surface area (Å²) in [6.07, 6.45) is 6.18. The predicted molar refractivity (Wildman–Crippen MR) is 136 cm³/mol. The van der Waals surface area contributed by atoms with Crippen LogP contribution in [0.5, 0.6) is 0 Å². The molecule has 0 spiro atoms. The van der Waals surface area contributed by atoms with Crippen LogP contribution in [0.1, 0.15) is 40.4 Å². The van der Waals surface area contributed by atoms with Crippen LogP contribution in [-0.2, 0) is 6.54 Å². The van der Waals surface area contributed by atoms with Gasteiger partial charge in [0.15, 0.2) is 0 Å². The fourth-order valence-corrected chi connectivity index (χ4v) is 4.77. The van der Waals surface area contributed by atoms with Gasteiger partial charge < -0.3 is 5.32 Å². The molecular formula is C29H30N4O. The minimum absolute atomic E-state index is 0.0312. The maximum Gasteiger partial charge on any atom is 0.251 e. The molecular weight excluding hydrogens is 420 g/mol. The Kier molecular flexibility index (Phi) is 6.82. The molecule has 4 aromatic rings. The van der Waals surface area contributed by atoms with Gasteiger partial charge in [0.1, 0.15) is 0 Å². The van der Waals surface area contributed by atoms with E-state index in [4.69, 9.17) is 0 Å². The first-order valence-electron chi connectivity index (χ1n) is 12.0. The van der Waals surface area contributed by atoms with Crippen molar-refractivity contribution in [1.29, 1.82) is 0 Å². The largest absolute Gasteiger partial charge is 0.350 e. The van der Waals surface area contributed by atoms with Crippen LogP contribution in [0.4, 0.5) is 0 Å². The molecule has 5 rings (SSSR count). The van der Waals surface area contributed by atoms with E-state index >= 15 is 0 Å². The average Bonchev–Trinajstić information content (AvgIpc) is 3.60. The molecule has 0 aliphatic carbocycles. The van der Waals surface area contributed by atoms with E-state index in [1.54, 1.807) is 6.20 Å². The van der Waals surface area contributed by atoms with Gasteiger partial charge in [-0.25, -0.2) is 0 Å². The monoisotopic (exact) mass is 450 g/mol. The summed E-state index contributed by atoms with van der Waals surface area (Å²) in [5, 5.41) is 7.51. The summed E-state index contributed by atoms with van der Waals surface area (Å²) in [4.78, 5) is 15.8. The van der Waals surface area contributed by atoms with Gasteiger partial charge in [0.05, 0.1) is 12.6 Å². The highest BCUT2D eigenvalue weighted by Gasteiger charge is 2.24. The van der Waals surface area contributed by atoms with E-state index in [0.717, 1.165) is 30.8 Å². The standard InChI is InChI=1S/C29H30N4O/c34-29(30-21-28(32-18-6-7-19-32)25-9-2-1-3-10-25)27-12-5-4-11-26(27)24-15-13-23(14-16-24)22-33-20-8-17-31-33/h1-5,8-17,20,28H,6-7,18-19,21-22H2,(H,30,34). The molecule has 0 saturated carbocycles. The molecule has 0 bridgehead atoms. The van der Waals surface area contributed by atoms with Crippen molar-refractivity contribution in [1.82, 2.24) is 20.0 Å². The number of amides is 1. The van der Waals surface area contributed by atoms with Gasteiger partial charge in [-0.05, 0) is 60.3 Å². The number of likely N-dealkylation sites (tertiary alicyclic amines) is 1. The Morgan fingerprint density at radius 1 is 0.882 bits per heavy atom. The zero-order valence-electron chi connectivity index (χ0n) is 19.3. The number of benzene rings is 3. The molecule has 1 unspecified atom stereocenters. The lowest BCUT2D eigenvalue weighted by molar-refractivity contribution is 0.0938. The van der Waals surface area contributed by atoms with Crippen LogP contribution in [0.15, 0.2) is 97.3 Å². The second-order valence-corrected chi connectivity index (χ2v) is 8.83. The summed E-state index contributed by atoms with van der Waals surface area (Å²) in [6.45, 7) is 3.49. The van der Waals surface area contributed by atoms with E-state index in [9.17, 15) is 4.79 Å². The van der Waals surface area contributed by atoms with Crippen molar-refractivity contribution in [2.75, 3.05) is 19.6 Å². The molecule has 1 aromatic heterocycles. The third-order valence-corrected chi connectivity index (χ3v) is 6.56. The molecule has 34 heavy (non-hydrogen) atoms. The molecule has 2 heterocycles. The van der Waals surface area contributed by atoms with E-state index in [1.807, 2.05) is 47.3 Å². The highest BCUT2D eigenvalue weighted by Crippen LogP contribution is 2.26. The molecule has 172 valence electrons. The van der Waals surface area contributed by atoms with Gasteiger partial charge in [-0.15, -0.1) is 0 Å². The van der Waals surface area contributed by atoms with Crippen LogP contribution in [-0.4, -0.2) is 40.2 Å². The first-order valence-corrected chi connectivity index (χ1v) is 12.0. The second kappa shape index (κ2) is 10.5. The van der Waals surface area contributed by atoms with Gasteiger partial charge in [0, 0.05) is 24.5 Å². The summed E-state index contributed by atoms with van der Waals surface area (Å²) in [7, 11) is 0. The summed E-state index contributed by atoms with van der Waals surface area (Å²) < 4.78 is 1.90. The van der Waals surface area contributed by atoms with Gasteiger partial charge in [0.2, 0.25) is 0 Å². The van der Waals surface area contributed by atoms with Crippen LogP contribution in [0.2, 0.25) is 0 Å². The van der Waals surface area contributed by atoms with Crippen molar-refractivity contribution >= 4 is 5.91 Å². The minimum Gasteiger partial charge on any atom is -0.350 e. The van der Waals surface area contributed by atoms with E-state index < -0.39 is 0 Å². The Bertz CT molecular complexity index is 1200. The molecule has 1 aliphatic rings. The van der Waals surface area contributed by atoms with Gasteiger partial charge in [-0.3, -0.25) is 14.4 Å². The Hall–Kier alpha value is -3.70. The highest BCUT2D eigenvalue weighted by atomic mass is 16.1. The zero-order valence-corrected chi connectivity index (χ0v) is 19.3. The van der Waals surface area contributed by atoms with Crippen LogP contribution < -0.4 is 5.32 Å². The molecule has 1 atom stereocenters. The highest BCUT2D eigenvalue weighted by molar-refractivity contribution is 6.00. The van der Waals surface area contributed by atoms with Crippen molar-refractivity contribution in [3.63, 3.8) is 0 Å². The molecule has 3 aromatic carbocycles. The Balaban J connectivity index is 1.32. The van der Waals surface area contributed by atoms with Gasteiger partial charge in [-0.1, -0.05) is 72.8 Å². The molecule has 1 fully saturated rings. The smallest absolute Gasteiger partial charge is 0.251 e. The first-order chi connectivity index (χ1) is 16.8. The number of hydrogen-bond donors (Lipinski definition) is 1. The summed E-state index contributed by atoms with van der Waals surface area (Å²) >= 11 is 0. The Morgan fingerprint density at radius 2 is 1.62 bits per heavy atom. The third-order valence-electron chi connectivity index (χ3n) is 6.56. The van der Waals surface area contributed by atoms with Crippen molar-refractivity contribution in [3.05, 3.63) is 114 Å². The fourth-order valence-electron chi connectivity index (χ4n) is 4.77. The van der Waals surface area contributed by atoms with E-state index in [-0.39, 0.29) is 11.9 Å². The van der Waals surface area contributed by atoms with E-state index in [1.165, 1.54) is 24.0 Å². The topological polar surface area (TPSA) is 50.2 Å². The normalized spacial score (nSPS) is 14.7. The second-order valence-electron chi connectivity index (χ2n) is 8.83. The van der Waals surface area contributed by atoms with Crippen LogP contribution in [0.3, 0.4) is 0 Å². The van der Waals surface area contributed by atoms with Crippen molar-refractivity contribution in [2.24, 2.45) is 0 Å². The molecule has 1 N–H and O–H groups in total. The number of nitrogens with zero attached hydrogens (tertiary/aromatic N) is 3. The first kappa shape index (κ1) is 22.1. The lowest BCUT2D eigenvalue weighted by atomic mass is 9.98. The lowest BCUT2D eigenvalue weighted by Crippen LogP contribution is -2.37. The maximum atomic E-state index is 13.3. The van der Waals surface area contributed by atoms with Crippen molar-refractivity contribution < 1.29 is 4.79 Å². The molecule has 5 nitrogen and oxygen atoms in total. The number of carbonyl (C=O) groups excluding carboxylic acids is 1. The van der Waals surface area contributed by atoms with E-state index in [0.29, 0.717) is 12.1 Å². The van der Waals surface area contributed by atoms with Crippen molar-refractivity contribution in [3.8, 4) is 11.1 Å². The Morgan fingerprint density at radius 3 is 2.35 bits per heavy atom. The number of nitrogens with one attached hydrogen (secondary N) is 1. The molecule has 1 aliphatic heterocycles. The fraction of sp³-hybridized carbons (Fsp3) is 0.241. The molecule has 1 amide bonds.